The SMILES string of the molecule is CC(C)C[C@@H](COc1ccc(-c2ccc(C(F)(F)F)cc2Cl)cn1)Nc1ccc(C(=O)NCCS(=O)(=O)O)cc1. The molecule has 0 radical (unpaired) electrons. The van der Waals surface area contributed by atoms with E-state index in [0.717, 1.165) is 24.2 Å². The van der Waals surface area contributed by atoms with Crippen molar-refractivity contribution >= 4 is 33.3 Å². The van der Waals surface area contributed by atoms with Crippen LogP contribution in [0.25, 0.3) is 11.1 Å². The molecule has 0 aliphatic rings. The van der Waals surface area contributed by atoms with E-state index in [-0.39, 0.29) is 24.2 Å². The molecule has 0 saturated carbocycles. The molecule has 1 amide bonds. The summed E-state index contributed by atoms with van der Waals surface area (Å²) in [5.41, 5.74) is 1.21. The molecule has 1 heterocycles. The number of hydrogen-bond acceptors (Lipinski definition) is 6. The highest BCUT2D eigenvalue weighted by atomic mass is 35.5. The zero-order valence-corrected chi connectivity index (χ0v) is 23.3. The summed E-state index contributed by atoms with van der Waals surface area (Å²) < 4.78 is 74.9. The lowest BCUT2D eigenvalue weighted by Crippen LogP contribution is -2.29. The second-order valence-corrected chi connectivity index (χ2v) is 11.5. The quantitative estimate of drug-likeness (QED) is 0.220. The Bertz CT molecular complexity index is 1400. The van der Waals surface area contributed by atoms with Crippen molar-refractivity contribution in [2.45, 2.75) is 32.5 Å². The molecule has 13 heteroatoms. The minimum absolute atomic E-state index is 0.0342. The zero-order chi connectivity index (χ0) is 29.5. The summed E-state index contributed by atoms with van der Waals surface area (Å²) >= 11 is 6.08. The average molecular weight is 600 g/mol. The summed E-state index contributed by atoms with van der Waals surface area (Å²) in [5.74, 6) is -0.370. The minimum atomic E-state index is -4.48. The zero-order valence-electron chi connectivity index (χ0n) is 21.7. The Kier molecular flexibility index (Phi) is 10.4. The number of carbonyl (C=O) groups excluding carboxylic acids is 1. The summed E-state index contributed by atoms with van der Waals surface area (Å²) in [6, 6.07) is 12.9. The third-order valence-corrected chi connectivity index (χ3v) is 6.73. The fourth-order valence-corrected chi connectivity index (χ4v) is 4.47. The Morgan fingerprint density at radius 1 is 1.10 bits per heavy atom. The number of benzene rings is 2. The first-order valence-electron chi connectivity index (χ1n) is 12.3. The van der Waals surface area contributed by atoms with E-state index >= 15 is 0 Å². The molecule has 0 saturated heterocycles. The highest BCUT2D eigenvalue weighted by Gasteiger charge is 2.31. The number of carbonyl (C=O) groups is 1. The Morgan fingerprint density at radius 2 is 1.80 bits per heavy atom. The van der Waals surface area contributed by atoms with Crippen molar-refractivity contribution < 1.29 is 35.7 Å². The van der Waals surface area contributed by atoms with Gasteiger partial charge >= 0.3 is 6.18 Å². The molecule has 0 fully saturated rings. The first-order valence-corrected chi connectivity index (χ1v) is 14.3. The molecule has 0 aliphatic carbocycles. The van der Waals surface area contributed by atoms with Crippen LogP contribution in [0.4, 0.5) is 18.9 Å². The third-order valence-electron chi connectivity index (χ3n) is 5.70. The molecule has 8 nitrogen and oxygen atoms in total. The normalized spacial score (nSPS) is 12.7. The van der Waals surface area contributed by atoms with Gasteiger partial charge in [0, 0.05) is 46.2 Å². The van der Waals surface area contributed by atoms with Crippen molar-refractivity contribution in [1.29, 1.82) is 0 Å². The van der Waals surface area contributed by atoms with Crippen molar-refractivity contribution in [3.05, 3.63) is 76.9 Å². The lowest BCUT2D eigenvalue weighted by atomic mass is 10.0. The van der Waals surface area contributed by atoms with E-state index in [1.165, 1.54) is 12.3 Å². The highest BCUT2D eigenvalue weighted by Crippen LogP contribution is 2.35. The Labute approximate surface area is 235 Å². The van der Waals surface area contributed by atoms with Gasteiger partial charge in [-0.25, -0.2) is 4.98 Å². The number of alkyl halides is 3. The lowest BCUT2D eigenvalue weighted by Gasteiger charge is -2.22. The molecule has 3 aromatic rings. The van der Waals surface area contributed by atoms with E-state index in [2.05, 4.69) is 29.5 Å². The predicted molar refractivity (Wildman–Crippen MR) is 147 cm³/mol. The number of amides is 1. The molecular weight excluding hydrogens is 571 g/mol. The molecule has 2 aromatic carbocycles. The second kappa shape index (κ2) is 13.3. The van der Waals surface area contributed by atoms with Crippen LogP contribution in [0.1, 0.15) is 36.2 Å². The van der Waals surface area contributed by atoms with Crippen LogP contribution >= 0.6 is 11.6 Å². The van der Waals surface area contributed by atoms with Crippen LogP contribution in [0.15, 0.2) is 60.8 Å². The Hall–Kier alpha value is -3.35. The van der Waals surface area contributed by atoms with Gasteiger partial charge in [0.05, 0.1) is 17.4 Å². The number of ether oxygens (including phenoxy) is 1. The van der Waals surface area contributed by atoms with Crippen LogP contribution in [0.2, 0.25) is 5.02 Å². The van der Waals surface area contributed by atoms with Crippen LogP contribution < -0.4 is 15.4 Å². The second-order valence-electron chi connectivity index (χ2n) is 9.48. The van der Waals surface area contributed by atoms with Crippen LogP contribution in [0.3, 0.4) is 0 Å². The van der Waals surface area contributed by atoms with Gasteiger partial charge in [-0.2, -0.15) is 21.6 Å². The number of nitrogens with one attached hydrogen (secondary N) is 2. The van der Waals surface area contributed by atoms with Crippen LogP contribution in [-0.2, 0) is 16.3 Å². The number of aromatic nitrogens is 1. The molecule has 216 valence electrons. The van der Waals surface area contributed by atoms with E-state index < -0.39 is 33.5 Å². The van der Waals surface area contributed by atoms with Gasteiger partial charge in [-0.1, -0.05) is 31.5 Å². The molecule has 1 aromatic heterocycles. The van der Waals surface area contributed by atoms with Gasteiger partial charge in [-0.3, -0.25) is 9.35 Å². The number of halogens is 4. The number of rotatable bonds is 12. The number of nitrogens with zero attached hydrogens (tertiary/aromatic N) is 1. The van der Waals surface area contributed by atoms with Crippen LogP contribution in [0, 0.1) is 5.92 Å². The van der Waals surface area contributed by atoms with E-state index in [1.807, 2.05) is 0 Å². The third kappa shape index (κ3) is 9.68. The maximum absolute atomic E-state index is 12.9. The molecule has 0 spiro atoms. The fourth-order valence-electron chi connectivity index (χ4n) is 3.82. The van der Waals surface area contributed by atoms with Crippen LogP contribution in [-0.4, -0.2) is 48.8 Å². The van der Waals surface area contributed by atoms with Gasteiger partial charge in [0.25, 0.3) is 16.0 Å². The summed E-state index contributed by atoms with van der Waals surface area (Å²) in [6.45, 7) is 4.19. The van der Waals surface area contributed by atoms with E-state index in [0.29, 0.717) is 28.5 Å². The maximum Gasteiger partial charge on any atom is 0.416 e. The molecular formula is C27H29ClF3N3O5S. The van der Waals surface area contributed by atoms with Crippen molar-refractivity contribution in [3.8, 4) is 17.0 Å². The Morgan fingerprint density at radius 3 is 2.35 bits per heavy atom. The smallest absolute Gasteiger partial charge is 0.416 e. The predicted octanol–water partition coefficient (Wildman–Crippen LogP) is 5.94. The van der Waals surface area contributed by atoms with E-state index in [9.17, 15) is 26.4 Å². The lowest BCUT2D eigenvalue weighted by molar-refractivity contribution is -0.137. The molecule has 1 atom stereocenters. The fraction of sp³-hybridized carbons (Fsp3) is 0.333. The van der Waals surface area contributed by atoms with Gasteiger partial charge in [0.15, 0.2) is 0 Å². The number of anilines is 1. The van der Waals surface area contributed by atoms with Gasteiger partial charge in [0.2, 0.25) is 5.88 Å². The first kappa shape index (κ1) is 31.2. The van der Waals surface area contributed by atoms with Crippen LogP contribution in [0.5, 0.6) is 5.88 Å². The molecule has 0 aliphatic heterocycles. The molecule has 3 rings (SSSR count). The summed E-state index contributed by atoms with van der Waals surface area (Å²) in [6.07, 6.45) is -2.24. The number of hydrogen-bond donors (Lipinski definition) is 3. The summed E-state index contributed by atoms with van der Waals surface area (Å²) in [5, 5.41) is 5.76. The minimum Gasteiger partial charge on any atom is -0.475 e. The van der Waals surface area contributed by atoms with Gasteiger partial charge in [-0.15, -0.1) is 0 Å². The molecule has 40 heavy (non-hydrogen) atoms. The van der Waals surface area contributed by atoms with E-state index in [4.69, 9.17) is 20.9 Å². The van der Waals surface area contributed by atoms with Gasteiger partial charge < -0.3 is 15.4 Å². The molecule has 0 unspecified atom stereocenters. The Balaban J connectivity index is 1.60. The van der Waals surface area contributed by atoms with Crippen molar-refractivity contribution in [1.82, 2.24) is 10.3 Å². The summed E-state index contributed by atoms with van der Waals surface area (Å²) in [4.78, 5) is 16.4. The largest absolute Gasteiger partial charge is 0.475 e. The molecule has 3 N–H and O–H groups in total. The maximum atomic E-state index is 12.9. The van der Waals surface area contributed by atoms with Crippen molar-refractivity contribution in [2.75, 3.05) is 24.2 Å². The van der Waals surface area contributed by atoms with Gasteiger partial charge in [0.1, 0.15) is 6.61 Å². The highest BCUT2D eigenvalue weighted by molar-refractivity contribution is 7.85. The van der Waals surface area contributed by atoms with Crippen molar-refractivity contribution in [2.24, 2.45) is 5.92 Å². The van der Waals surface area contributed by atoms with Crippen molar-refractivity contribution in [3.63, 3.8) is 0 Å². The van der Waals surface area contributed by atoms with E-state index in [1.54, 1.807) is 36.4 Å². The molecule has 0 bridgehead atoms. The van der Waals surface area contributed by atoms with Gasteiger partial charge in [-0.05, 0) is 54.8 Å². The number of pyridine rings is 1. The monoisotopic (exact) mass is 599 g/mol. The topological polar surface area (TPSA) is 118 Å². The first-order chi connectivity index (χ1) is 18.7. The summed E-state index contributed by atoms with van der Waals surface area (Å²) in [7, 11) is -4.16. The average Bonchev–Trinajstić information content (AvgIpc) is 2.86. The standard InChI is InChI=1S/C27H29ClF3N3O5S/c1-17(2)13-22(34-21-7-3-18(4-8-21)26(35)32-11-12-40(36,37)38)16-39-25-10-5-19(15-33-25)23-9-6-20(14-24(23)28)27(29,30)31/h3-10,14-15,17,22,34H,11-13,16H2,1-2H3,(H,32,35)(H,36,37,38)/t22-/m0/s1.